The van der Waals surface area contributed by atoms with Gasteiger partial charge in [0.15, 0.2) is 6.29 Å². The zero-order chi connectivity index (χ0) is 13.4. The topological polar surface area (TPSA) is 63.6 Å². The Morgan fingerprint density at radius 1 is 1.35 bits per heavy atom. The van der Waals surface area contributed by atoms with E-state index in [1.807, 2.05) is 13.8 Å². The minimum atomic E-state index is -0.377. The average molecular weight is 238 g/mol. The Kier molecular flexibility index (Phi) is 6.63. The Balaban J connectivity index is 0.00000121. The Morgan fingerprint density at radius 3 is 2.41 bits per heavy atom. The number of carbonyl (C=O) groups excluding carboxylic acids is 2. The normalized spacial score (nSPS) is 9.24. The van der Waals surface area contributed by atoms with Crippen LogP contribution in [0.5, 0.6) is 11.5 Å². The van der Waals surface area contributed by atoms with Crippen molar-refractivity contribution in [2.75, 3.05) is 0 Å². The largest absolute Gasteiger partial charge is 0.507 e. The van der Waals surface area contributed by atoms with Gasteiger partial charge in [-0.1, -0.05) is 27.7 Å². The molecule has 17 heavy (non-hydrogen) atoms. The number of benzene rings is 1. The maximum Gasteiger partial charge on any atom is 0.313 e. The average Bonchev–Trinajstić information content (AvgIpc) is 2.34. The molecule has 4 nitrogen and oxygen atoms in total. The highest BCUT2D eigenvalue weighted by Crippen LogP contribution is 2.21. The number of ether oxygens (including phenoxy) is 1. The Labute approximate surface area is 101 Å². The Morgan fingerprint density at radius 2 is 1.94 bits per heavy atom. The summed E-state index contributed by atoms with van der Waals surface area (Å²) in [6.45, 7) is 7.42. The molecule has 0 atom stereocenters. The Bertz CT molecular complexity index is 383. The summed E-state index contributed by atoms with van der Waals surface area (Å²) in [6, 6.07) is 4.07. The molecule has 0 saturated carbocycles. The molecule has 0 aliphatic carbocycles. The van der Waals surface area contributed by atoms with E-state index in [1.54, 1.807) is 13.8 Å². The van der Waals surface area contributed by atoms with Gasteiger partial charge in [0.2, 0.25) is 0 Å². The number of hydrogen-bond donors (Lipinski definition) is 1. The molecule has 1 rings (SSSR count). The highest BCUT2D eigenvalue weighted by molar-refractivity contribution is 5.81. The molecule has 0 heterocycles. The lowest BCUT2D eigenvalue weighted by Crippen LogP contribution is -2.14. The third-order valence-corrected chi connectivity index (χ3v) is 1.82. The number of phenols is 1. The van der Waals surface area contributed by atoms with E-state index < -0.39 is 0 Å². The summed E-state index contributed by atoms with van der Waals surface area (Å²) in [5.74, 6) is -0.487. The number of carbonyl (C=O) groups is 2. The molecule has 0 saturated heterocycles. The van der Waals surface area contributed by atoms with Gasteiger partial charge in [0.25, 0.3) is 0 Å². The first-order chi connectivity index (χ1) is 8.04. The minimum Gasteiger partial charge on any atom is -0.507 e. The standard InChI is InChI=1S/C11H12O4.C2H6/c1-7(2)11(14)15-9-3-4-10(13)8(5-9)6-12;1-2/h3-7,13H,1-2H3;1-2H3. The summed E-state index contributed by atoms with van der Waals surface area (Å²) in [6.07, 6.45) is 0.502. The van der Waals surface area contributed by atoms with Crippen LogP contribution in [-0.2, 0) is 4.79 Å². The molecule has 0 spiro atoms. The first-order valence-corrected chi connectivity index (χ1v) is 5.54. The zero-order valence-corrected chi connectivity index (χ0v) is 10.6. The van der Waals surface area contributed by atoms with Crippen LogP contribution in [0.3, 0.4) is 0 Å². The van der Waals surface area contributed by atoms with E-state index in [4.69, 9.17) is 4.74 Å². The molecule has 0 aliphatic rings. The lowest BCUT2D eigenvalue weighted by Gasteiger charge is -2.07. The maximum atomic E-state index is 11.2. The van der Waals surface area contributed by atoms with Crippen LogP contribution in [-0.4, -0.2) is 17.4 Å². The quantitative estimate of drug-likeness (QED) is 0.499. The number of aromatic hydroxyl groups is 1. The van der Waals surface area contributed by atoms with E-state index in [0.29, 0.717) is 6.29 Å². The van der Waals surface area contributed by atoms with Crippen molar-refractivity contribution in [3.63, 3.8) is 0 Å². The molecule has 0 fully saturated rings. The van der Waals surface area contributed by atoms with Gasteiger partial charge in [0, 0.05) is 0 Å². The van der Waals surface area contributed by atoms with Crippen LogP contribution < -0.4 is 4.74 Å². The van der Waals surface area contributed by atoms with Crippen LogP contribution in [0.4, 0.5) is 0 Å². The van der Waals surface area contributed by atoms with Crippen LogP contribution in [0.1, 0.15) is 38.1 Å². The molecule has 1 aromatic carbocycles. The second-order valence-electron chi connectivity index (χ2n) is 3.41. The van der Waals surface area contributed by atoms with Crippen molar-refractivity contribution in [3.8, 4) is 11.5 Å². The lowest BCUT2D eigenvalue weighted by atomic mass is 10.2. The minimum absolute atomic E-state index is 0.101. The number of aldehydes is 1. The molecule has 0 bridgehead atoms. The first-order valence-electron chi connectivity index (χ1n) is 5.54. The summed E-state index contributed by atoms with van der Waals surface area (Å²) in [5, 5.41) is 9.21. The summed E-state index contributed by atoms with van der Waals surface area (Å²) in [5.41, 5.74) is 0.101. The summed E-state index contributed by atoms with van der Waals surface area (Å²) >= 11 is 0. The van der Waals surface area contributed by atoms with Crippen LogP contribution in [0.2, 0.25) is 0 Å². The van der Waals surface area contributed by atoms with Crippen molar-refractivity contribution < 1.29 is 19.4 Å². The van der Waals surface area contributed by atoms with Gasteiger partial charge in [0.1, 0.15) is 11.5 Å². The Hall–Kier alpha value is -1.84. The molecule has 0 unspecified atom stereocenters. The molecular formula is C13H18O4. The summed E-state index contributed by atoms with van der Waals surface area (Å²) in [7, 11) is 0. The second-order valence-corrected chi connectivity index (χ2v) is 3.41. The van der Waals surface area contributed by atoms with Crippen molar-refractivity contribution in [1.29, 1.82) is 0 Å². The second kappa shape index (κ2) is 7.44. The number of esters is 1. The van der Waals surface area contributed by atoms with Gasteiger partial charge >= 0.3 is 5.97 Å². The van der Waals surface area contributed by atoms with Crippen LogP contribution in [0.25, 0.3) is 0 Å². The zero-order valence-electron chi connectivity index (χ0n) is 10.6. The summed E-state index contributed by atoms with van der Waals surface area (Å²) in [4.78, 5) is 21.7. The molecule has 4 heteroatoms. The molecule has 0 aliphatic heterocycles. The van der Waals surface area contributed by atoms with Crippen molar-refractivity contribution in [3.05, 3.63) is 23.8 Å². The maximum absolute atomic E-state index is 11.2. The van der Waals surface area contributed by atoms with Crippen LogP contribution in [0, 0.1) is 5.92 Å². The van der Waals surface area contributed by atoms with E-state index in [-0.39, 0.29) is 28.9 Å². The van der Waals surface area contributed by atoms with E-state index >= 15 is 0 Å². The van der Waals surface area contributed by atoms with E-state index in [2.05, 4.69) is 0 Å². The van der Waals surface area contributed by atoms with Gasteiger partial charge in [-0.05, 0) is 18.2 Å². The lowest BCUT2D eigenvalue weighted by molar-refractivity contribution is -0.137. The van der Waals surface area contributed by atoms with Crippen LogP contribution in [0.15, 0.2) is 18.2 Å². The first kappa shape index (κ1) is 15.2. The number of rotatable bonds is 3. The summed E-state index contributed by atoms with van der Waals surface area (Å²) < 4.78 is 4.96. The molecule has 94 valence electrons. The van der Waals surface area contributed by atoms with Gasteiger partial charge in [-0.15, -0.1) is 0 Å². The van der Waals surface area contributed by atoms with Gasteiger partial charge in [0.05, 0.1) is 11.5 Å². The van der Waals surface area contributed by atoms with Gasteiger partial charge < -0.3 is 9.84 Å². The highest BCUT2D eigenvalue weighted by Gasteiger charge is 2.10. The SMILES string of the molecule is CC.CC(C)C(=O)Oc1ccc(O)c(C=O)c1. The molecular weight excluding hydrogens is 220 g/mol. The molecule has 1 N–H and O–H groups in total. The third kappa shape index (κ3) is 4.68. The molecule has 1 aromatic rings. The fraction of sp³-hybridized carbons (Fsp3) is 0.385. The van der Waals surface area contributed by atoms with Crippen molar-refractivity contribution in [1.82, 2.24) is 0 Å². The monoisotopic (exact) mass is 238 g/mol. The van der Waals surface area contributed by atoms with Crippen molar-refractivity contribution in [2.45, 2.75) is 27.7 Å². The van der Waals surface area contributed by atoms with Gasteiger partial charge in [-0.3, -0.25) is 9.59 Å². The van der Waals surface area contributed by atoms with E-state index in [9.17, 15) is 14.7 Å². The number of phenolic OH excluding ortho intramolecular Hbond substituents is 1. The smallest absolute Gasteiger partial charge is 0.313 e. The highest BCUT2D eigenvalue weighted by atomic mass is 16.5. The van der Waals surface area contributed by atoms with Crippen LogP contribution >= 0.6 is 0 Å². The predicted octanol–water partition coefficient (Wildman–Crippen LogP) is 2.79. The molecule has 0 aromatic heterocycles. The van der Waals surface area contributed by atoms with E-state index in [0.717, 1.165) is 0 Å². The molecule has 0 amide bonds. The van der Waals surface area contributed by atoms with Gasteiger partial charge in [-0.25, -0.2) is 0 Å². The van der Waals surface area contributed by atoms with E-state index in [1.165, 1.54) is 18.2 Å². The van der Waals surface area contributed by atoms with Gasteiger partial charge in [-0.2, -0.15) is 0 Å². The molecule has 0 radical (unpaired) electrons. The van der Waals surface area contributed by atoms with Crippen molar-refractivity contribution in [2.24, 2.45) is 5.92 Å². The van der Waals surface area contributed by atoms with Crippen molar-refractivity contribution >= 4 is 12.3 Å². The fourth-order valence-electron chi connectivity index (χ4n) is 0.924. The fourth-order valence-corrected chi connectivity index (χ4v) is 0.924. The predicted molar refractivity (Wildman–Crippen MR) is 65.3 cm³/mol. The third-order valence-electron chi connectivity index (χ3n) is 1.82. The number of hydrogen-bond acceptors (Lipinski definition) is 4.